The monoisotopic (exact) mass is 391 g/mol. The van der Waals surface area contributed by atoms with Crippen LogP contribution in [0.15, 0.2) is 53.7 Å². The Kier molecular flexibility index (Phi) is 6.18. The van der Waals surface area contributed by atoms with E-state index in [1.165, 1.54) is 16.4 Å². The molecule has 3 rings (SSSR count). The maximum absolute atomic E-state index is 13.1. The van der Waals surface area contributed by atoms with Crippen LogP contribution in [0, 0.1) is 5.82 Å². The zero-order valence-corrected chi connectivity index (χ0v) is 15.7. The molecular formula is C19H22FN3O3S. The van der Waals surface area contributed by atoms with E-state index in [9.17, 15) is 17.6 Å². The number of hydrogen-bond donors (Lipinski definition) is 1. The van der Waals surface area contributed by atoms with Gasteiger partial charge in [0.2, 0.25) is 15.9 Å². The zero-order valence-electron chi connectivity index (χ0n) is 14.8. The molecule has 1 aliphatic heterocycles. The third-order valence-electron chi connectivity index (χ3n) is 4.63. The van der Waals surface area contributed by atoms with Gasteiger partial charge in [0.05, 0.1) is 4.90 Å². The number of sulfonamides is 1. The van der Waals surface area contributed by atoms with Crippen LogP contribution in [-0.4, -0.2) is 36.2 Å². The standard InChI is InChI=1S/C19H22FN3O3S/c20-16-6-8-18(9-7-16)27(25,26)23-11-2-1-5-17(23)12-19(24)22-14-15-4-3-10-21-13-15/h3-4,6-10,13,17H,1-2,5,11-12,14H2,(H,22,24). The van der Waals surface area contributed by atoms with Gasteiger partial charge in [-0.05, 0) is 48.7 Å². The van der Waals surface area contributed by atoms with Crippen LogP contribution < -0.4 is 5.32 Å². The maximum atomic E-state index is 13.1. The number of carbonyl (C=O) groups is 1. The Morgan fingerprint density at radius 3 is 2.70 bits per heavy atom. The first-order valence-corrected chi connectivity index (χ1v) is 10.3. The fraction of sp³-hybridized carbons (Fsp3) is 0.368. The van der Waals surface area contributed by atoms with E-state index in [2.05, 4.69) is 10.3 Å². The van der Waals surface area contributed by atoms with Gasteiger partial charge < -0.3 is 5.32 Å². The van der Waals surface area contributed by atoms with Crippen molar-refractivity contribution in [2.24, 2.45) is 0 Å². The van der Waals surface area contributed by atoms with E-state index in [0.29, 0.717) is 19.5 Å². The van der Waals surface area contributed by atoms with Crippen molar-refractivity contribution in [3.63, 3.8) is 0 Å². The van der Waals surface area contributed by atoms with Gasteiger partial charge in [-0.25, -0.2) is 12.8 Å². The van der Waals surface area contributed by atoms with Gasteiger partial charge in [0.1, 0.15) is 5.82 Å². The van der Waals surface area contributed by atoms with Gasteiger partial charge in [0.25, 0.3) is 0 Å². The molecule has 27 heavy (non-hydrogen) atoms. The normalized spacial score (nSPS) is 18.2. The predicted octanol–water partition coefficient (Wildman–Crippen LogP) is 2.47. The molecule has 1 aromatic carbocycles. The van der Waals surface area contributed by atoms with Crippen molar-refractivity contribution in [1.82, 2.24) is 14.6 Å². The predicted molar refractivity (Wildman–Crippen MR) is 98.6 cm³/mol. The Balaban J connectivity index is 1.67. The molecule has 0 spiro atoms. The fourth-order valence-electron chi connectivity index (χ4n) is 3.23. The molecule has 1 N–H and O–H groups in total. The summed E-state index contributed by atoms with van der Waals surface area (Å²) < 4.78 is 40.4. The number of hydrogen-bond acceptors (Lipinski definition) is 4. The number of halogens is 1. The van der Waals surface area contributed by atoms with Gasteiger partial charge in [-0.15, -0.1) is 0 Å². The van der Waals surface area contributed by atoms with Gasteiger partial charge >= 0.3 is 0 Å². The minimum absolute atomic E-state index is 0.0477. The second kappa shape index (κ2) is 8.58. The summed E-state index contributed by atoms with van der Waals surface area (Å²) in [4.78, 5) is 16.4. The van der Waals surface area contributed by atoms with Crippen LogP contribution in [0.25, 0.3) is 0 Å². The summed E-state index contributed by atoms with van der Waals surface area (Å²) in [6.45, 7) is 0.713. The minimum atomic E-state index is -3.76. The molecule has 0 radical (unpaired) electrons. The van der Waals surface area contributed by atoms with E-state index in [0.717, 1.165) is 30.5 Å². The number of nitrogens with zero attached hydrogens (tertiary/aromatic N) is 2. The molecule has 2 aromatic rings. The second-order valence-corrected chi connectivity index (χ2v) is 8.45. The molecule has 1 amide bonds. The Hall–Kier alpha value is -2.32. The quantitative estimate of drug-likeness (QED) is 0.820. The van der Waals surface area contributed by atoms with Crippen molar-refractivity contribution in [2.45, 2.75) is 43.2 Å². The summed E-state index contributed by atoms with van der Waals surface area (Å²) >= 11 is 0. The summed E-state index contributed by atoms with van der Waals surface area (Å²) in [5, 5.41) is 2.82. The highest BCUT2D eigenvalue weighted by Gasteiger charge is 2.34. The van der Waals surface area contributed by atoms with Crippen molar-refractivity contribution in [2.75, 3.05) is 6.54 Å². The molecular weight excluding hydrogens is 369 g/mol. The van der Waals surface area contributed by atoms with Crippen LogP contribution in [-0.2, 0) is 21.4 Å². The van der Waals surface area contributed by atoms with E-state index in [1.54, 1.807) is 18.5 Å². The van der Waals surface area contributed by atoms with Crippen molar-refractivity contribution >= 4 is 15.9 Å². The van der Waals surface area contributed by atoms with Gasteiger partial charge in [-0.1, -0.05) is 12.5 Å². The Bertz CT molecular complexity index is 873. The van der Waals surface area contributed by atoms with E-state index in [1.807, 2.05) is 6.07 Å². The topological polar surface area (TPSA) is 79.4 Å². The molecule has 1 fully saturated rings. The molecule has 0 bridgehead atoms. The van der Waals surface area contributed by atoms with Crippen LogP contribution in [0.1, 0.15) is 31.2 Å². The van der Waals surface area contributed by atoms with Crippen molar-refractivity contribution in [3.05, 3.63) is 60.2 Å². The van der Waals surface area contributed by atoms with Crippen molar-refractivity contribution < 1.29 is 17.6 Å². The lowest BCUT2D eigenvalue weighted by Crippen LogP contribution is -2.45. The lowest BCUT2D eigenvalue weighted by atomic mass is 10.0. The van der Waals surface area contributed by atoms with Crippen LogP contribution in [0.4, 0.5) is 4.39 Å². The van der Waals surface area contributed by atoms with Crippen LogP contribution in [0.3, 0.4) is 0 Å². The number of carbonyl (C=O) groups excluding carboxylic acids is 1. The Morgan fingerprint density at radius 1 is 1.22 bits per heavy atom. The number of amides is 1. The van der Waals surface area contributed by atoms with Crippen LogP contribution >= 0.6 is 0 Å². The molecule has 8 heteroatoms. The molecule has 1 aliphatic rings. The average molecular weight is 391 g/mol. The highest BCUT2D eigenvalue weighted by atomic mass is 32.2. The highest BCUT2D eigenvalue weighted by molar-refractivity contribution is 7.89. The summed E-state index contributed by atoms with van der Waals surface area (Å²) in [7, 11) is -3.76. The summed E-state index contributed by atoms with van der Waals surface area (Å²) in [6, 6.07) is 8.04. The summed E-state index contributed by atoms with van der Waals surface area (Å²) in [5.41, 5.74) is 0.880. The molecule has 1 aromatic heterocycles. The zero-order chi connectivity index (χ0) is 19.3. The number of aromatic nitrogens is 1. The largest absolute Gasteiger partial charge is 0.352 e. The van der Waals surface area contributed by atoms with E-state index in [4.69, 9.17) is 0 Å². The van der Waals surface area contributed by atoms with E-state index in [-0.39, 0.29) is 17.2 Å². The minimum Gasteiger partial charge on any atom is -0.352 e. The lowest BCUT2D eigenvalue weighted by molar-refractivity contribution is -0.122. The third kappa shape index (κ3) is 4.90. The van der Waals surface area contributed by atoms with Crippen LogP contribution in [0.5, 0.6) is 0 Å². The van der Waals surface area contributed by atoms with Gasteiger partial charge in [-0.2, -0.15) is 4.31 Å². The maximum Gasteiger partial charge on any atom is 0.243 e. The van der Waals surface area contributed by atoms with Gasteiger partial charge in [0, 0.05) is 37.9 Å². The Labute approximate surface area is 158 Å². The average Bonchev–Trinajstić information content (AvgIpc) is 2.68. The van der Waals surface area contributed by atoms with E-state index < -0.39 is 21.9 Å². The number of nitrogens with one attached hydrogen (secondary N) is 1. The smallest absolute Gasteiger partial charge is 0.243 e. The summed E-state index contributed by atoms with van der Waals surface area (Å²) in [6.07, 6.45) is 5.67. The van der Waals surface area contributed by atoms with E-state index >= 15 is 0 Å². The number of benzene rings is 1. The molecule has 0 saturated carbocycles. The molecule has 6 nitrogen and oxygen atoms in total. The molecule has 1 atom stereocenters. The van der Waals surface area contributed by atoms with Crippen LogP contribution in [0.2, 0.25) is 0 Å². The van der Waals surface area contributed by atoms with Crippen molar-refractivity contribution in [1.29, 1.82) is 0 Å². The van der Waals surface area contributed by atoms with Gasteiger partial charge in [-0.3, -0.25) is 9.78 Å². The highest BCUT2D eigenvalue weighted by Crippen LogP contribution is 2.27. The first-order valence-electron chi connectivity index (χ1n) is 8.90. The molecule has 0 aliphatic carbocycles. The fourth-order valence-corrected chi connectivity index (χ4v) is 4.92. The Morgan fingerprint density at radius 2 is 2.00 bits per heavy atom. The first-order chi connectivity index (χ1) is 13.0. The van der Waals surface area contributed by atoms with Crippen molar-refractivity contribution in [3.8, 4) is 0 Å². The SMILES string of the molecule is O=C(CC1CCCCN1S(=O)(=O)c1ccc(F)cc1)NCc1cccnc1. The number of rotatable bonds is 6. The molecule has 2 heterocycles. The number of pyridine rings is 1. The van der Waals surface area contributed by atoms with Gasteiger partial charge in [0.15, 0.2) is 0 Å². The third-order valence-corrected chi connectivity index (χ3v) is 6.59. The molecule has 1 saturated heterocycles. The first kappa shape index (κ1) is 19.4. The lowest BCUT2D eigenvalue weighted by Gasteiger charge is -2.34. The summed E-state index contributed by atoms with van der Waals surface area (Å²) in [5.74, 6) is -0.691. The molecule has 144 valence electrons. The number of piperidine rings is 1. The molecule has 1 unspecified atom stereocenters. The second-order valence-electron chi connectivity index (χ2n) is 6.56.